The van der Waals surface area contributed by atoms with Crippen molar-refractivity contribution in [2.75, 3.05) is 60.6 Å². The van der Waals surface area contributed by atoms with Crippen molar-refractivity contribution in [2.45, 2.75) is 33.6 Å². The molecule has 6 heteroatoms. The highest BCUT2D eigenvalue weighted by atomic mass is 16.6. The Balaban J connectivity index is 3.70. The third kappa shape index (κ3) is 14.5. The summed E-state index contributed by atoms with van der Waals surface area (Å²) in [5.41, 5.74) is 5.68. The Kier molecular flexibility index (Phi) is 10.4. The lowest BCUT2D eigenvalue weighted by molar-refractivity contribution is -0.870. The maximum absolute atomic E-state index is 11.7. The van der Waals surface area contributed by atoms with E-state index >= 15 is 0 Å². The average Bonchev–Trinajstić information content (AvgIpc) is 2.45. The molecular formula is C17H38N3O3+. The predicted octanol–water partition coefficient (Wildman–Crippen LogP) is 1.84. The molecule has 0 aliphatic carbocycles. The Hall–Kier alpha value is -0.850. The molecule has 0 aromatic carbocycles. The molecule has 0 spiro atoms. The fraction of sp³-hybridized carbons (Fsp3) is 0.941. The second-order valence-corrected chi connectivity index (χ2v) is 8.16. The number of carbonyl (C=O) groups is 1. The molecule has 0 bridgehead atoms. The van der Waals surface area contributed by atoms with Crippen LogP contribution in [0.25, 0.3) is 0 Å². The lowest BCUT2D eigenvalue weighted by atomic mass is 9.85. The molecule has 138 valence electrons. The molecule has 3 N–H and O–H groups in total. The molecule has 0 aromatic rings. The predicted molar refractivity (Wildman–Crippen MR) is 94.3 cm³/mol. The molecule has 0 heterocycles. The van der Waals surface area contributed by atoms with Crippen molar-refractivity contribution in [3.63, 3.8) is 0 Å². The quantitative estimate of drug-likeness (QED) is 0.422. The number of alkyl carbamates (subject to hydrolysis) is 1. The van der Waals surface area contributed by atoms with Crippen LogP contribution in [-0.4, -0.2) is 71.2 Å². The number of nitrogens with two attached hydrogens (primary N) is 1. The Morgan fingerprint density at radius 1 is 1.22 bits per heavy atom. The average molecular weight is 333 g/mol. The van der Waals surface area contributed by atoms with E-state index in [1.807, 2.05) is 0 Å². The van der Waals surface area contributed by atoms with Gasteiger partial charge in [-0.05, 0) is 30.7 Å². The number of rotatable bonds is 12. The summed E-state index contributed by atoms with van der Waals surface area (Å²) in [6.45, 7) is 10.1. The second-order valence-electron chi connectivity index (χ2n) is 8.16. The van der Waals surface area contributed by atoms with Gasteiger partial charge in [0.25, 0.3) is 0 Å². The number of nitrogens with one attached hydrogen (secondary N) is 1. The van der Waals surface area contributed by atoms with E-state index in [9.17, 15) is 4.79 Å². The minimum absolute atomic E-state index is 0.0452. The van der Waals surface area contributed by atoms with Crippen LogP contribution >= 0.6 is 0 Å². The normalized spacial score (nSPS) is 13.7. The van der Waals surface area contributed by atoms with Gasteiger partial charge in [-0.1, -0.05) is 20.8 Å². The highest BCUT2D eigenvalue weighted by molar-refractivity contribution is 5.67. The van der Waals surface area contributed by atoms with Crippen LogP contribution in [0.1, 0.15) is 33.6 Å². The third-order valence-electron chi connectivity index (χ3n) is 3.79. The fourth-order valence-electron chi connectivity index (χ4n) is 1.84. The summed E-state index contributed by atoms with van der Waals surface area (Å²) >= 11 is 0. The molecule has 0 saturated heterocycles. The summed E-state index contributed by atoms with van der Waals surface area (Å²) < 4.78 is 11.4. The van der Waals surface area contributed by atoms with Crippen molar-refractivity contribution in [1.29, 1.82) is 0 Å². The number of ether oxygens (including phenoxy) is 2. The first kappa shape index (κ1) is 22.1. The van der Waals surface area contributed by atoms with Crippen molar-refractivity contribution < 1.29 is 18.8 Å². The van der Waals surface area contributed by atoms with E-state index in [2.05, 4.69) is 47.2 Å². The fourth-order valence-corrected chi connectivity index (χ4v) is 1.84. The highest BCUT2D eigenvalue weighted by Crippen LogP contribution is 2.23. The monoisotopic (exact) mass is 332 g/mol. The largest absolute Gasteiger partial charge is 0.447 e. The summed E-state index contributed by atoms with van der Waals surface area (Å²) in [7, 11) is 6.34. The smallest absolute Gasteiger partial charge is 0.407 e. The lowest BCUT2D eigenvalue weighted by Gasteiger charge is -2.26. The summed E-state index contributed by atoms with van der Waals surface area (Å²) in [5.74, 6) is 0.519. The van der Waals surface area contributed by atoms with Gasteiger partial charge in [-0.2, -0.15) is 0 Å². The second kappa shape index (κ2) is 10.8. The molecule has 0 aromatic heterocycles. The summed E-state index contributed by atoms with van der Waals surface area (Å²) in [5, 5.41) is 2.83. The van der Waals surface area contributed by atoms with E-state index < -0.39 is 0 Å². The highest BCUT2D eigenvalue weighted by Gasteiger charge is 2.20. The van der Waals surface area contributed by atoms with Crippen molar-refractivity contribution in [2.24, 2.45) is 17.1 Å². The molecule has 0 rings (SSSR count). The number of amides is 1. The van der Waals surface area contributed by atoms with E-state index in [-0.39, 0.29) is 18.1 Å². The zero-order chi connectivity index (χ0) is 17.9. The maximum atomic E-state index is 11.7. The molecule has 0 radical (unpaired) electrons. The Bertz CT molecular complexity index is 328. The van der Waals surface area contributed by atoms with Gasteiger partial charge < -0.3 is 25.0 Å². The zero-order valence-corrected chi connectivity index (χ0v) is 16.0. The number of nitrogens with zero attached hydrogens (tertiary/aromatic N) is 1. The lowest BCUT2D eigenvalue weighted by Crippen LogP contribution is -2.38. The summed E-state index contributed by atoms with van der Waals surface area (Å²) in [4.78, 5) is 11.7. The van der Waals surface area contributed by atoms with Gasteiger partial charge in [0.05, 0.1) is 34.4 Å². The molecular weight excluding hydrogens is 294 g/mol. The molecule has 1 amide bonds. The third-order valence-corrected chi connectivity index (χ3v) is 3.79. The van der Waals surface area contributed by atoms with Gasteiger partial charge in [0.15, 0.2) is 0 Å². The number of hydrogen-bond donors (Lipinski definition) is 2. The van der Waals surface area contributed by atoms with Crippen LogP contribution in [0.5, 0.6) is 0 Å². The van der Waals surface area contributed by atoms with Gasteiger partial charge in [-0.15, -0.1) is 0 Å². The Morgan fingerprint density at radius 3 is 2.43 bits per heavy atom. The molecule has 0 fully saturated rings. The van der Waals surface area contributed by atoms with Crippen LogP contribution in [0.3, 0.4) is 0 Å². The van der Waals surface area contributed by atoms with Crippen molar-refractivity contribution in [1.82, 2.24) is 5.32 Å². The minimum atomic E-state index is -0.375. The summed E-state index contributed by atoms with van der Waals surface area (Å²) in [6.07, 6.45) is 1.72. The van der Waals surface area contributed by atoms with E-state index in [0.29, 0.717) is 32.2 Å². The van der Waals surface area contributed by atoms with E-state index in [1.54, 1.807) is 0 Å². The van der Waals surface area contributed by atoms with Crippen LogP contribution in [0.2, 0.25) is 0 Å². The van der Waals surface area contributed by atoms with Crippen molar-refractivity contribution in [3.05, 3.63) is 0 Å². The first-order valence-corrected chi connectivity index (χ1v) is 8.54. The Labute approximate surface area is 142 Å². The zero-order valence-electron chi connectivity index (χ0n) is 16.0. The van der Waals surface area contributed by atoms with Gasteiger partial charge in [0.2, 0.25) is 0 Å². The van der Waals surface area contributed by atoms with E-state index in [4.69, 9.17) is 15.2 Å². The number of likely N-dealkylation sites (N-methyl/N-ethyl adjacent to an activating group) is 1. The standard InChI is InChI=1S/C17H37N3O3/c1-15(13-18)7-8-17(2,3)14-19-16(21)23-12-11-22-10-9-20(4,5)6/h15H,7-14,18H2,1-6H3/p+1. The van der Waals surface area contributed by atoms with Crippen LogP contribution in [0.4, 0.5) is 4.79 Å². The molecule has 0 aliphatic rings. The number of hydrogen-bond acceptors (Lipinski definition) is 4. The van der Waals surface area contributed by atoms with Crippen LogP contribution in [0, 0.1) is 11.3 Å². The minimum Gasteiger partial charge on any atom is -0.447 e. The Morgan fingerprint density at radius 2 is 1.87 bits per heavy atom. The van der Waals surface area contributed by atoms with E-state index in [1.165, 1.54) is 0 Å². The van der Waals surface area contributed by atoms with Gasteiger partial charge in [-0.25, -0.2) is 4.79 Å². The number of carbonyl (C=O) groups excluding carboxylic acids is 1. The first-order chi connectivity index (χ1) is 10.6. The van der Waals surface area contributed by atoms with E-state index in [0.717, 1.165) is 23.9 Å². The van der Waals surface area contributed by atoms with Crippen molar-refractivity contribution >= 4 is 6.09 Å². The van der Waals surface area contributed by atoms with Crippen LogP contribution < -0.4 is 11.1 Å². The van der Waals surface area contributed by atoms with Gasteiger partial charge in [-0.3, -0.25) is 0 Å². The van der Waals surface area contributed by atoms with Crippen molar-refractivity contribution in [3.8, 4) is 0 Å². The molecule has 23 heavy (non-hydrogen) atoms. The SMILES string of the molecule is CC(CN)CCC(C)(C)CNC(=O)OCCOCC[N+](C)(C)C. The molecule has 0 saturated carbocycles. The van der Waals surface area contributed by atoms with Gasteiger partial charge >= 0.3 is 6.09 Å². The van der Waals surface area contributed by atoms with Crippen LogP contribution in [0.15, 0.2) is 0 Å². The molecule has 1 unspecified atom stereocenters. The molecule has 6 nitrogen and oxygen atoms in total. The molecule has 0 aliphatic heterocycles. The van der Waals surface area contributed by atoms with Gasteiger partial charge in [0, 0.05) is 6.54 Å². The molecule has 1 atom stereocenters. The van der Waals surface area contributed by atoms with Gasteiger partial charge in [0.1, 0.15) is 13.2 Å². The first-order valence-electron chi connectivity index (χ1n) is 8.54. The maximum Gasteiger partial charge on any atom is 0.407 e. The summed E-state index contributed by atoms with van der Waals surface area (Å²) in [6, 6.07) is 0. The van der Waals surface area contributed by atoms with Crippen LogP contribution in [-0.2, 0) is 9.47 Å². The topological polar surface area (TPSA) is 73.6 Å². The number of quaternary nitrogens is 1.